The fourth-order valence-corrected chi connectivity index (χ4v) is 2.98. The minimum atomic E-state index is 0.631. The van der Waals surface area contributed by atoms with E-state index in [9.17, 15) is 0 Å². The van der Waals surface area contributed by atoms with Gasteiger partial charge in [0.15, 0.2) is 0 Å². The van der Waals surface area contributed by atoms with Gasteiger partial charge in [0.1, 0.15) is 5.76 Å². The Labute approximate surface area is 126 Å². The van der Waals surface area contributed by atoms with Crippen LogP contribution < -0.4 is 5.32 Å². The lowest BCUT2D eigenvalue weighted by atomic mass is 9.89. The van der Waals surface area contributed by atoms with Crippen LogP contribution in [0.3, 0.4) is 0 Å². The number of anilines is 1. The van der Waals surface area contributed by atoms with Crippen LogP contribution in [-0.2, 0) is 6.54 Å². The quantitative estimate of drug-likeness (QED) is 0.913. The maximum atomic E-state index is 5.67. The first-order valence-electron chi connectivity index (χ1n) is 7.81. The number of hydrogen-bond acceptors (Lipinski definition) is 4. The van der Waals surface area contributed by atoms with Crippen molar-refractivity contribution in [3.8, 4) is 0 Å². The Morgan fingerprint density at radius 3 is 2.71 bits per heavy atom. The van der Waals surface area contributed by atoms with Crippen molar-refractivity contribution in [1.82, 2.24) is 9.88 Å². The Hall–Kier alpha value is -1.81. The molecule has 112 valence electrons. The van der Waals surface area contributed by atoms with Gasteiger partial charge in [0, 0.05) is 6.54 Å². The molecule has 0 aliphatic carbocycles. The molecule has 0 amide bonds. The van der Waals surface area contributed by atoms with Gasteiger partial charge in [-0.3, -0.25) is 4.90 Å². The molecule has 1 aliphatic rings. The summed E-state index contributed by atoms with van der Waals surface area (Å²) in [5.74, 6) is 1.65. The summed E-state index contributed by atoms with van der Waals surface area (Å²) in [4.78, 5) is 6.68. The largest absolute Gasteiger partial charge is 0.427 e. The van der Waals surface area contributed by atoms with Gasteiger partial charge in [0.2, 0.25) is 0 Å². The first-order chi connectivity index (χ1) is 10.3. The molecule has 1 fully saturated rings. The summed E-state index contributed by atoms with van der Waals surface area (Å²) in [6.45, 7) is 5.98. The Balaban J connectivity index is 1.51. The number of likely N-dealkylation sites (tertiary alicyclic amines) is 1. The van der Waals surface area contributed by atoms with Gasteiger partial charge in [-0.1, -0.05) is 30.3 Å². The maximum Gasteiger partial charge on any atom is 0.294 e. The van der Waals surface area contributed by atoms with E-state index in [0.29, 0.717) is 11.9 Å². The molecule has 0 unspecified atom stereocenters. The van der Waals surface area contributed by atoms with Crippen molar-refractivity contribution in [3.63, 3.8) is 0 Å². The SMILES string of the molecule is CCNc1ncc(CN2CCC(c3ccccc3)CC2)o1. The van der Waals surface area contributed by atoms with Crippen LogP contribution >= 0.6 is 0 Å². The molecule has 0 bridgehead atoms. The summed E-state index contributed by atoms with van der Waals surface area (Å²) < 4.78 is 5.67. The predicted molar refractivity (Wildman–Crippen MR) is 84.4 cm³/mol. The summed E-state index contributed by atoms with van der Waals surface area (Å²) in [6.07, 6.45) is 4.28. The second-order valence-corrected chi connectivity index (χ2v) is 5.62. The highest BCUT2D eigenvalue weighted by molar-refractivity contribution is 5.21. The Bertz CT molecular complexity index is 544. The lowest BCUT2D eigenvalue weighted by Gasteiger charge is -2.31. The van der Waals surface area contributed by atoms with Crippen molar-refractivity contribution in [3.05, 3.63) is 47.9 Å². The van der Waals surface area contributed by atoms with Crippen LogP contribution in [0.1, 0.15) is 37.0 Å². The zero-order chi connectivity index (χ0) is 14.5. The van der Waals surface area contributed by atoms with E-state index >= 15 is 0 Å². The fraction of sp³-hybridized carbons (Fsp3) is 0.471. The Morgan fingerprint density at radius 1 is 1.24 bits per heavy atom. The van der Waals surface area contributed by atoms with Crippen molar-refractivity contribution in [1.29, 1.82) is 0 Å². The fourth-order valence-electron chi connectivity index (χ4n) is 2.98. The minimum Gasteiger partial charge on any atom is -0.427 e. The monoisotopic (exact) mass is 285 g/mol. The number of oxazole rings is 1. The smallest absolute Gasteiger partial charge is 0.294 e. The Kier molecular flexibility index (Phi) is 4.55. The molecule has 3 rings (SSSR count). The topological polar surface area (TPSA) is 41.3 Å². The third-order valence-electron chi connectivity index (χ3n) is 4.12. The number of hydrogen-bond donors (Lipinski definition) is 1. The molecule has 4 heteroatoms. The summed E-state index contributed by atoms with van der Waals surface area (Å²) >= 11 is 0. The second-order valence-electron chi connectivity index (χ2n) is 5.62. The summed E-state index contributed by atoms with van der Waals surface area (Å²) in [7, 11) is 0. The number of nitrogens with zero attached hydrogens (tertiary/aromatic N) is 2. The van der Waals surface area contributed by atoms with E-state index in [1.807, 2.05) is 13.1 Å². The van der Waals surface area contributed by atoms with Crippen LogP contribution in [0.5, 0.6) is 0 Å². The van der Waals surface area contributed by atoms with Crippen molar-refractivity contribution in [2.24, 2.45) is 0 Å². The van der Waals surface area contributed by atoms with Gasteiger partial charge in [-0.2, -0.15) is 0 Å². The Morgan fingerprint density at radius 2 is 2.00 bits per heavy atom. The van der Waals surface area contributed by atoms with Gasteiger partial charge in [0.25, 0.3) is 6.01 Å². The molecule has 1 aromatic heterocycles. The zero-order valence-corrected chi connectivity index (χ0v) is 12.6. The van der Waals surface area contributed by atoms with Crippen LogP contribution in [-0.4, -0.2) is 29.5 Å². The average molecular weight is 285 g/mol. The van der Waals surface area contributed by atoms with Crippen LogP contribution in [0.25, 0.3) is 0 Å². The first-order valence-corrected chi connectivity index (χ1v) is 7.81. The molecule has 1 aliphatic heterocycles. The van der Waals surface area contributed by atoms with Crippen LogP contribution in [0.2, 0.25) is 0 Å². The van der Waals surface area contributed by atoms with E-state index in [4.69, 9.17) is 4.42 Å². The average Bonchev–Trinajstić information content (AvgIpc) is 2.97. The minimum absolute atomic E-state index is 0.631. The second kappa shape index (κ2) is 6.76. The van der Waals surface area contributed by atoms with Crippen molar-refractivity contribution < 1.29 is 4.42 Å². The van der Waals surface area contributed by atoms with E-state index in [-0.39, 0.29) is 0 Å². The van der Waals surface area contributed by atoms with E-state index in [2.05, 4.69) is 45.5 Å². The molecule has 0 radical (unpaired) electrons. The number of piperidine rings is 1. The molecule has 1 saturated heterocycles. The molecule has 2 heterocycles. The standard InChI is InChI=1S/C17H23N3O/c1-2-18-17-19-12-16(21-17)13-20-10-8-15(9-11-20)14-6-4-3-5-7-14/h3-7,12,15H,2,8-11,13H2,1H3,(H,18,19). The van der Waals surface area contributed by atoms with Crippen LogP contribution in [0, 0.1) is 0 Å². The van der Waals surface area contributed by atoms with Crippen molar-refractivity contribution in [2.45, 2.75) is 32.2 Å². The lowest BCUT2D eigenvalue weighted by molar-refractivity contribution is 0.191. The van der Waals surface area contributed by atoms with Gasteiger partial charge in [-0.05, 0) is 44.3 Å². The number of benzene rings is 1. The number of aromatic nitrogens is 1. The van der Waals surface area contributed by atoms with Gasteiger partial charge < -0.3 is 9.73 Å². The highest BCUT2D eigenvalue weighted by Gasteiger charge is 2.21. The molecular weight excluding hydrogens is 262 g/mol. The highest BCUT2D eigenvalue weighted by Crippen LogP contribution is 2.28. The van der Waals surface area contributed by atoms with Gasteiger partial charge in [-0.25, -0.2) is 4.98 Å². The summed E-state index contributed by atoms with van der Waals surface area (Å²) in [5.41, 5.74) is 1.48. The normalized spacial score (nSPS) is 17.0. The molecular formula is C17H23N3O. The molecule has 1 aromatic carbocycles. The molecule has 0 atom stereocenters. The molecule has 21 heavy (non-hydrogen) atoms. The first kappa shape index (κ1) is 14.1. The van der Waals surface area contributed by atoms with Gasteiger partial charge in [0.05, 0.1) is 12.7 Å². The van der Waals surface area contributed by atoms with E-state index in [1.165, 1.54) is 18.4 Å². The zero-order valence-electron chi connectivity index (χ0n) is 12.6. The third-order valence-corrected chi connectivity index (χ3v) is 4.12. The molecule has 2 aromatic rings. The maximum absolute atomic E-state index is 5.67. The summed E-state index contributed by atoms with van der Waals surface area (Å²) in [6, 6.07) is 11.5. The molecule has 1 N–H and O–H groups in total. The van der Waals surface area contributed by atoms with Gasteiger partial charge in [-0.15, -0.1) is 0 Å². The summed E-state index contributed by atoms with van der Waals surface area (Å²) in [5, 5.41) is 3.10. The molecule has 0 spiro atoms. The van der Waals surface area contributed by atoms with E-state index in [0.717, 1.165) is 31.9 Å². The predicted octanol–water partition coefficient (Wildman–Crippen LogP) is 3.49. The lowest BCUT2D eigenvalue weighted by Crippen LogP contribution is -2.32. The van der Waals surface area contributed by atoms with E-state index in [1.54, 1.807) is 0 Å². The van der Waals surface area contributed by atoms with Gasteiger partial charge >= 0.3 is 0 Å². The molecule has 4 nitrogen and oxygen atoms in total. The number of rotatable bonds is 5. The van der Waals surface area contributed by atoms with Crippen LogP contribution in [0.4, 0.5) is 6.01 Å². The third kappa shape index (κ3) is 3.64. The van der Waals surface area contributed by atoms with Crippen molar-refractivity contribution >= 4 is 6.01 Å². The number of nitrogens with one attached hydrogen (secondary N) is 1. The van der Waals surface area contributed by atoms with Crippen molar-refractivity contribution in [2.75, 3.05) is 25.0 Å². The van der Waals surface area contributed by atoms with Crippen LogP contribution in [0.15, 0.2) is 40.9 Å². The highest BCUT2D eigenvalue weighted by atomic mass is 16.4. The molecule has 0 saturated carbocycles. The van der Waals surface area contributed by atoms with E-state index < -0.39 is 0 Å².